The number of piperidine rings is 1. The van der Waals surface area contributed by atoms with Crippen molar-refractivity contribution in [2.45, 2.75) is 44.9 Å². The van der Waals surface area contributed by atoms with Crippen molar-refractivity contribution in [1.29, 1.82) is 0 Å². The molecule has 54 heavy (non-hydrogen) atoms. The fourth-order valence-corrected chi connectivity index (χ4v) is 9.98. The number of nitrogens with zero attached hydrogens (tertiary/aromatic N) is 2. The highest BCUT2D eigenvalue weighted by Crippen LogP contribution is 2.68. The summed E-state index contributed by atoms with van der Waals surface area (Å²) in [6.07, 6.45) is 0.550. The van der Waals surface area contributed by atoms with Crippen molar-refractivity contribution in [2.24, 2.45) is 23.2 Å². The lowest BCUT2D eigenvalue weighted by atomic mass is 9.62. The molecule has 0 aromatic heterocycles. The Kier molecular flexibility index (Phi) is 10.5. The summed E-state index contributed by atoms with van der Waals surface area (Å²) in [6.45, 7) is 2.89. The summed E-state index contributed by atoms with van der Waals surface area (Å²) >= 11 is 3.53. The van der Waals surface area contributed by atoms with Crippen LogP contribution in [0.25, 0.3) is 0 Å². The molecule has 3 amide bonds. The Morgan fingerprint density at radius 2 is 1.44 bits per heavy atom. The van der Waals surface area contributed by atoms with Crippen molar-refractivity contribution in [1.82, 2.24) is 4.90 Å². The van der Waals surface area contributed by atoms with Gasteiger partial charge in [-0.1, -0.05) is 103 Å². The van der Waals surface area contributed by atoms with Gasteiger partial charge in [-0.2, -0.15) is 0 Å². The average molecular weight is 792 g/mol. The zero-order chi connectivity index (χ0) is 38.2. The number of esters is 1. The molecule has 4 bridgehead atoms. The third kappa shape index (κ3) is 6.20. The van der Waals surface area contributed by atoms with Crippen molar-refractivity contribution in [3.63, 3.8) is 0 Å². The molecule has 2 aliphatic carbocycles. The zero-order valence-electron chi connectivity index (χ0n) is 30.7. The summed E-state index contributed by atoms with van der Waals surface area (Å²) in [5, 5.41) is 0. The second kappa shape index (κ2) is 15.1. The van der Waals surface area contributed by atoms with Crippen LogP contribution in [0.4, 0.5) is 5.69 Å². The molecular weight excluding hydrogens is 748 g/mol. The van der Waals surface area contributed by atoms with Gasteiger partial charge in [0.05, 0.1) is 29.9 Å². The maximum absolute atomic E-state index is 15.2. The molecular formula is C44H43BrN2O7. The van der Waals surface area contributed by atoms with Crippen LogP contribution >= 0.6 is 15.9 Å². The number of benzene rings is 4. The van der Waals surface area contributed by atoms with Crippen LogP contribution in [0.2, 0.25) is 0 Å². The molecule has 2 fully saturated rings. The van der Waals surface area contributed by atoms with Gasteiger partial charge < -0.3 is 19.1 Å². The van der Waals surface area contributed by atoms with Gasteiger partial charge in [0.15, 0.2) is 0 Å². The highest BCUT2D eigenvalue weighted by atomic mass is 79.9. The molecule has 1 heterocycles. The number of halogens is 1. The number of methoxy groups -OCH3 is 1. The standard InChI is InChI=1S/C44H43BrN2O7/c1-28(48)47(36-23-15-14-22-35(36)45)41(50)38-37(54-29(2)49)24-34-33(25-44(52-4,31-18-10-6-11-19-31)32-20-12-7-13-21-32)40-39(38)43(34,42(51)46(40)3)27-53-26-30-16-8-5-9-17-30/h5-23,33-34,39-40H,24-27H2,1-4H3/t33-,34+,39-,40+,43-/m1/s1. The van der Waals surface area contributed by atoms with Crippen LogP contribution in [0.5, 0.6) is 0 Å². The molecule has 278 valence electrons. The van der Waals surface area contributed by atoms with E-state index >= 15 is 4.79 Å². The quantitative estimate of drug-likeness (QED) is 0.138. The molecule has 0 unspecified atom stereocenters. The van der Waals surface area contributed by atoms with Crippen LogP contribution in [0, 0.1) is 23.2 Å². The van der Waals surface area contributed by atoms with Crippen LogP contribution in [-0.2, 0) is 45.6 Å². The Hall–Kier alpha value is -4.90. The van der Waals surface area contributed by atoms with Gasteiger partial charge in [0.2, 0.25) is 11.8 Å². The molecule has 7 rings (SSSR count). The van der Waals surface area contributed by atoms with Gasteiger partial charge in [-0.25, -0.2) is 4.90 Å². The number of hydrogen-bond donors (Lipinski definition) is 0. The number of likely N-dealkylation sites (tertiary alicyclic amines) is 1. The third-order valence-corrected chi connectivity index (χ3v) is 12.3. The molecule has 1 saturated carbocycles. The number of ether oxygens (including phenoxy) is 3. The maximum Gasteiger partial charge on any atom is 0.307 e. The fourth-order valence-electron chi connectivity index (χ4n) is 9.51. The molecule has 1 saturated heterocycles. The number of allylic oxidation sites excluding steroid dienone is 1. The van der Waals surface area contributed by atoms with Gasteiger partial charge in [-0.05, 0) is 63.0 Å². The predicted octanol–water partition coefficient (Wildman–Crippen LogP) is 7.44. The largest absolute Gasteiger partial charge is 0.431 e. The minimum absolute atomic E-state index is 0.0172. The van der Waals surface area contributed by atoms with E-state index < -0.39 is 46.7 Å². The monoisotopic (exact) mass is 790 g/mol. The van der Waals surface area contributed by atoms with Crippen molar-refractivity contribution in [3.8, 4) is 0 Å². The molecule has 0 spiro atoms. The lowest BCUT2D eigenvalue weighted by Crippen LogP contribution is -2.53. The molecule has 4 aromatic rings. The number of para-hydroxylation sites is 1. The normalized spacial score (nSPS) is 23.1. The molecule has 0 N–H and O–H groups in total. The highest BCUT2D eigenvalue weighted by molar-refractivity contribution is 9.10. The lowest BCUT2D eigenvalue weighted by molar-refractivity contribution is -0.153. The summed E-state index contributed by atoms with van der Waals surface area (Å²) < 4.78 is 19.6. The van der Waals surface area contributed by atoms with E-state index in [1.165, 1.54) is 13.8 Å². The topological polar surface area (TPSA) is 102 Å². The minimum atomic E-state index is -1.21. The van der Waals surface area contributed by atoms with Crippen LogP contribution in [0.15, 0.2) is 131 Å². The van der Waals surface area contributed by atoms with E-state index in [0.29, 0.717) is 16.6 Å². The Bertz CT molecular complexity index is 2050. The number of imide groups is 1. The van der Waals surface area contributed by atoms with Gasteiger partial charge in [-0.3, -0.25) is 19.2 Å². The van der Waals surface area contributed by atoms with Crippen molar-refractivity contribution in [2.75, 3.05) is 25.7 Å². The van der Waals surface area contributed by atoms with E-state index in [-0.39, 0.29) is 42.8 Å². The lowest BCUT2D eigenvalue weighted by Gasteiger charge is -2.46. The second-order valence-corrected chi connectivity index (χ2v) is 15.2. The Morgan fingerprint density at radius 3 is 2.00 bits per heavy atom. The van der Waals surface area contributed by atoms with Crippen molar-refractivity contribution >= 4 is 45.3 Å². The van der Waals surface area contributed by atoms with Gasteiger partial charge in [0, 0.05) is 50.9 Å². The summed E-state index contributed by atoms with van der Waals surface area (Å²) in [6, 6.07) is 36.2. The van der Waals surface area contributed by atoms with E-state index in [1.807, 2.05) is 91.0 Å². The molecule has 1 aliphatic heterocycles. The zero-order valence-corrected chi connectivity index (χ0v) is 32.3. The van der Waals surface area contributed by atoms with Crippen LogP contribution in [-0.4, -0.2) is 55.4 Å². The Labute approximate surface area is 324 Å². The van der Waals surface area contributed by atoms with Gasteiger partial charge >= 0.3 is 5.97 Å². The summed E-state index contributed by atoms with van der Waals surface area (Å²) in [5.41, 5.74) is 1.17. The fraction of sp³-hybridized carbons (Fsp3) is 0.318. The number of amides is 3. The first-order valence-electron chi connectivity index (χ1n) is 18.1. The van der Waals surface area contributed by atoms with Crippen molar-refractivity contribution < 1.29 is 33.4 Å². The summed E-state index contributed by atoms with van der Waals surface area (Å²) in [5.74, 6) is -3.16. The molecule has 5 atom stereocenters. The molecule has 4 aromatic carbocycles. The van der Waals surface area contributed by atoms with E-state index in [2.05, 4.69) is 15.9 Å². The average Bonchev–Trinajstić information content (AvgIpc) is 3.48. The second-order valence-electron chi connectivity index (χ2n) is 14.4. The first-order chi connectivity index (χ1) is 26.0. The molecule has 10 heteroatoms. The third-order valence-electron chi connectivity index (χ3n) is 11.6. The first kappa shape index (κ1) is 37.4. The smallest absolute Gasteiger partial charge is 0.307 e. The summed E-state index contributed by atoms with van der Waals surface area (Å²) in [7, 11) is 3.48. The number of rotatable bonds is 12. The first-order valence-corrected chi connectivity index (χ1v) is 18.9. The predicted molar refractivity (Wildman–Crippen MR) is 207 cm³/mol. The van der Waals surface area contributed by atoms with Crippen LogP contribution in [0.3, 0.4) is 0 Å². The van der Waals surface area contributed by atoms with Crippen LogP contribution in [0.1, 0.15) is 43.4 Å². The number of carbonyl (C=O) groups excluding carboxylic acids is 4. The number of hydrogen-bond acceptors (Lipinski definition) is 7. The van der Waals surface area contributed by atoms with E-state index in [9.17, 15) is 14.4 Å². The van der Waals surface area contributed by atoms with E-state index in [1.54, 1.807) is 43.3 Å². The maximum atomic E-state index is 15.2. The molecule has 0 radical (unpaired) electrons. The number of carbonyl (C=O) groups is 4. The highest BCUT2D eigenvalue weighted by Gasteiger charge is 2.75. The Morgan fingerprint density at radius 1 is 0.870 bits per heavy atom. The summed E-state index contributed by atoms with van der Waals surface area (Å²) in [4.78, 5) is 59.2. The van der Waals surface area contributed by atoms with Gasteiger partial charge in [-0.15, -0.1) is 0 Å². The minimum Gasteiger partial charge on any atom is -0.431 e. The van der Waals surface area contributed by atoms with E-state index in [0.717, 1.165) is 21.6 Å². The van der Waals surface area contributed by atoms with Gasteiger partial charge in [0.1, 0.15) is 11.4 Å². The van der Waals surface area contributed by atoms with Gasteiger partial charge in [0.25, 0.3) is 5.91 Å². The Balaban J connectivity index is 1.41. The number of anilines is 1. The molecule has 9 nitrogen and oxygen atoms in total. The van der Waals surface area contributed by atoms with E-state index in [4.69, 9.17) is 14.2 Å². The van der Waals surface area contributed by atoms with Crippen LogP contribution < -0.4 is 4.90 Å². The molecule has 3 aliphatic rings. The van der Waals surface area contributed by atoms with Crippen molar-refractivity contribution in [3.05, 3.63) is 148 Å². The SMILES string of the molecule is COC(C[C@H]1[C@H]2[C@H]3C(C(=O)N(C(C)=O)c4ccccc4Br)=C(OC(C)=O)C[C@@H]1[C@@]3(COCc1ccccc1)C(=O)N2C)(c1ccccc1)c1ccccc1.